The van der Waals surface area contributed by atoms with E-state index < -0.39 is 4.75 Å². The maximum atomic E-state index is 12.3. The summed E-state index contributed by atoms with van der Waals surface area (Å²) in [6, 6.07) is 30.3. The molecular formula is C35H42N2O5S. The van der Waals surface area contributed by atoms with E-state index in [9.17, 15) is 4.79 Å². The number of hydrogen-bond acceptors (Lipinski definition) is 7. The van der Waals surface area contributed by atoms with E-state index >= 15 is 0 Å². The van der Waals surface area contributed by atoms with Crippen LogP contribution in [-0.2, 0) is 43.6 Å². The van der Waals surface area contributed by atoms with E-state index in [1.165, 1.54) is 6.34 Å². The first kappa shape index (κ1) is 32.6. The first-order valence-corrected chi connectivity index (χ1v) is 15.5. The lowest BCUT2D eigenvalue weighted by Crippen LogP contribution is -2.48. The molecule has 1 aliphatic heterocycles. The largest absolute Gasteiger partial charge is 0.374 e. The minimum Gasteiger partial charge on any atom is -0.374 e. The first-order valence-electron chi connectivity index (χ1n) is 14.6. The molecule has 3 aromatic carbocycles. The highest BCUT2D eigenvalue weighted by Crippen LogP contribution is 2.36. The van der Waals surface area contributed by atoms with Crippen molar-refractivity contribution >= 4 is 24.0 Å². The van der Waals surface area contributed by atoms with Gasteiger partial charge in [-0.05, 0) is 42.9 Å². The molecule has 1 amide bonds. The monoisotopic (exact) mass is 602 g/mol. The Morgan fingerprint density at radius 3 is 1.86 bits per heavy atom. The van der Waals surface area contributed by atoms with E-state index in [1.54, 1.807) is 11.8 Å². The van der Waals surface area contributed by atoms with Crippen molar-refractivity contribution < 1.29 is 23.7 Å². The van der Waals surface area contributed by atoms with E-state index in [1.807, 2.05) is 103 Å². The maximum absolute atomic E-state index is 12.3. The molecule has 0 saturated heterocycles. The second-order valence-corrected chi connectivity index (χ2v) is 12.5. The molecule has 0 bridgehead atoms. The smallest absolute Gasteiger partial charge is 0.254 e. The second-order valence-electron chi connectivity index (χ2n) is 11.0. The van der Waals surface area contributed by atoms with Crippen molar-refractivity contribution in [2.24, 2.45) is 4.99 Å². The molecule has 0 saturated carbocycles. The Bertz CT molecular complexity index is 1260. The molecule has 228 valence electrons. The Morgan fingerprint density at radius 2 is 1.35 bits per heavy atom. The van der Waals surface area contributed by atoms with E-state index in [0.717, 1.165) is 16.7 Å². The summed E-state index contributed by atoms with van der Waals surface area (Å²) in [4.78, 5) is 16.5. The molecule has 2 unspecified atom stereocenters. The van der Waals surface area contributed by atoms with Gasteiger partial charge in [0.15, 0.2) is 0 Å². The molecule has 1 aliphatic rings. The summed E-state index contributed by atoms with van der Waals surface area (Å²) in [5.74, 6) is -0.134. The number of carbonyl (C=O) groups is 1. The number of rotatable bonds is 17. The predicted molar refractivity (Wildman–Crippen MR) is 173 cm³/mol. The number of benzene rings is 3. The molecule has 0 aromatic heterocycles. The van der Waals surface area contributed by atoms with Crippen LogP contribution < -0.4 is 5.32 Å². The molecule has 43 heavy (non-hydrogen) atoms. The molecule has 0 radical (unpaired) electrons. The van der Waals surface area contributed by atoms with Crippen molar-refractivity contribution in [2.75, 3.05) is 19.8 Å². The van der Waals surface area contributed by atoms with Gasteiger partial charge in [0.2, 0.25) is 0 Å². The van der Waals surface area contributed by atoms with Crippen LogP contribution in [0.15, 0.2) is 107 Å². The summed E-state index contributed by atoms with van der Waals surface area (Å²) in [6.45, 7) is 8.72. The molecule has 0 fully saturated rings. The fraction of sp³-hybridized carbons (Fsp3) is 0.371. The summed E-state index contributed by atoms with van der Waals surface area (Å²) in [5.41, 5.74) is 3.90. The normalized spacial score (nSPS) is 15.9. The van der Waals surface area contributed by atoms with E-state index in [2.05, 4.69) is 24.2 Å². The molecule has 8 heteroatoms. The Balaban J connectivity index is 1.49. The quantitative estimate of drug-likeness (QED) is 0.182. The van der Waals surface area contributed by atoms with Crippen molar-refractivity contribution in [3.8, 4) is 0 Å². The highest BCUT2D eigenvalue weighted by molar-refractivity contribution is 8.03. The standard InChI is InChI=1S/C35H42N2O5S/c1-27(41-22-30-17-11-6-12-18-30)33(35(2,3)43-25-31-19-36-26-37-34(31)38)42-32(23-39-20-28-13-7-4-8-14-28)24-40-21-29-15-9-5-10-16-29/h4-18,25-27,32-33H,19-24H2,1-3H3,(H,36,37,38). The topological polar surface area (TPSA) is 78.4 Å². The number of nitrogens with zero attached hydrogens (tertiary/aromatic N) is 1. The van der Waals surface area contributed by atoms with Crippen molar-refractivity contribution in [2.45, 2.75) is 63.7 Å². The number of hydrogen-bond donors (Lipinski definition) is 1. The van der Waals surface area contributed by atoms with Gasteiger partial charge in [-0.3, -0.25) is 9.79 Å². The van der Waals surface area contributed by atoms with Crippen molar-refractivity contribution in [3.05, 3.63) is 119 Å². The number of nitrogens with one attached hydrogen (secondary N) is 1. The van der Waals surface area contributed by atoms with Crippen LogP contribution in [-0.4, -0.2) is 55.1 Å². The summed E-state index contributed by atoms with van der Waals surface area (Å²) in [5, 5.41) is 4.55. The van der Waals surface area contributed by atoms with Crippen LogP contribution in [0.2, 0.25) is 0 Å². The van der Waals surface area contributed by atoms with Crippen molar-refractivity contribution in [1.82, 2.24) is 5.32 Å². The number of thioether (sulfide) groups is 1. The van der Waals surface area contributed by atoms with Gasteiger partial charge in [0.1, 0.15) is 6.10 Å². The van der Waals surface area contributed by atoms with E-state index in [-0.39, 0.29) is 24.2 Å². The van der Waals surface area contributed by atoms with Gasteiger partial charge in [-0.15, -0.1) is 11.8 Å². The summed E-state index contributed by atoms with van der Waals surface area (Å²) < 4.78 is 25.1. The van der Waals surface area contributed by atoms with Crippen LogP contribution in [0.5, 0.6) is 0 Å². The number of aliphatic imine (C=N–C) groups is 1. The predicted octanol–water partition coefficient (Wildman–Crippen LogP) is 6.33. The van der Waals surface area contributed by atoms with Crippen LogP contribution in [0.1, 0.15) is 37.5 Å². The van der Waals surface area contributed by atoms with Gasteiger partial charge in [-0.1, -0.05) is 91.0 Å². The molecule has 3 aromatic rings. The third kappa shape index (κ3) is 11.1. The fourth-order valence-electron chi connectivity index (χ4n) is 4.62. The third-order valence-corrected chi connectivity index (χ3v) is 8.22. The van der Waals surface area contributed by atoms with Gasteiger partial charge in [0.25, 0.3) is 5.91 Å². The Kier molecular flexibility index (Phi) is 13.0. The lowest BCUT2D eigenvalue weighted by molar-refractivity contribution is -0.146. The average molecular weight is 603 g/mol. The zero-order valence-corrected chi connectivity index (χ0v) is 26.0. The molecule has 7 nitrogen and oxygen atoms in total. The lowest BCUT2D eigenvalue weighted by Gasteiger charge is -2.39. The highest BCUT2D eigenvalue weighted by Gasteiger charge is 2.38. The van der Waals surface area contributed by atoms with Gasteiger partial charge in [-0.25, -0.2) is 0 Å². The lowest BCUT2D eigenvalue weighted by atomic mass is 10.0. The minimum atomic E-state index is -0.471. The average Bonchev–Trinajstić information content (AvgIpc) is 3.03. The van der Waals surface area contributed by atoms with Crippen molar-refractivity contribution in [3.63, 3.8) is 0 Å². The van der Waals surface area contributed by atoms with Gasteiger partial charge < -0.3 is 24.3 Å². The summed E-state index contributed by atoms with van der Waals surface area (Å²) >= 11 is 1.55. The third-order valence-electron chi connectivity index (χ3n) is 6.98. The van der Waals surface area contributed by atoms with Crippen LogP contribution in [0.4, 0.5) is 0 Å². The van der Waals surface area contributed by atoms with Crippen LogP contribution >= 0.6 is 11.8 Å². The molecule has 4 rings (SSSR count). The van der Waals surface area contributed by atoms with E-state index in [0.29, 0.717) is 45.2 Å². The molecule has 2 atom stereocenters. The minimum absolute atomic E-state index is 0.134. The van der Waals surface area contributed by atoms with Gasteiger partial charge >= 0.3 is 0 Å². The van der Waals surface area contributed by atoms with Crippen molar-refractivity contribution in [1.29, 1.82) is 0 Å². The van der Waals surface area contributed by atoms with Gasteiger partial charge in [0, 0.05) is 10.3 Å². The maximum Gasteiger partial charge on any atom is 0.254 e. The molecule has 0 spiro atoms. The zero-order chi connectivity index (χ0) is 30.3. The molecule has 1 N–H and O–H groups in total. The Labute approximate surface area is 259 Å². The summed E-state index contributed by atoms with van der Waals surface area (Å²) in [7, 11) is 0. The van der Waals surface area contributed by atoms with E-state index in [4.69, 9.17) is 18.9 Å². The summed E-state index contributed by atoms with van der Waals surface area (Å²) in [6.07, 6.45) is 0.454. The van der Waals surface area contributed by atoms with Gasteiger partial charge in [0.05, 0.1) is 58.1 Å². The first-order chi connectivity index (χ1) is 20.9. The fourth-order valence-corrected chi connectivity index (χ4v) is 5.63. The number of amides is 1. The zero-order valence-electron chi connectivity index (χ0n) is 25.2. The van der Waals surface area contributed by atoms with Gasteiger partial charge in [-0.2, -0.15) is 0 Å². The number of ether oxygens (including phenoxy) is 4. The second kappa shape index (κ2) is 17.1. The SMILES string of the molecule is CC(OCc1ccccc1)C(OC(COCc1ccccc1)COCc1ccccc1)C(C)(C)SC=C1CN=CNC1=O. The van der Waals surface area contributed by atoms with Crippen LogP contribution in [0.3, 0.4) is 0 Å². The van der Waals surface area contributed by atoms with Crippen LogP contribution in [0, 0.1) is 0 Å². The Hall–Kier alpha value is -3.27. The molecule has 0 aliphatic carbocycles. The highest BCUT2D eigenvalue weighted by atomic mass is 32.2. The Morgan fingerprint density at radius 1 is 0.837 bits per heavy atom. The number of carbonyl (C=O) groups excluding carboxylic acids is 1. The molecule has 1 heterocycles. The van der Waals surface area contributed by atoms with Crippen LogP contribution in [0.25, 0.3) is 0 Å². The molecular weight excluding hydrogens is 560 g/mol.